The number of carbonyl (C=O) groups is 1. The van der Waals surface area contributed by atoms with Gasteiger partial charge in [-0.15, -0.1) is 0 Å². The van der Waals surface area contributed by atoms with Gasteiger partial charge in [-0.25, -0.2) is 4.39 Å². The van der Waals surface area contributed by atoms with Crippen LogP contribution in [0.1, 0.15) is 50.2 Å². The van der Waals surface area contributed by atoms with Gasteiger partial charge in [-0.3, -0.25) is 0 Å². The summed E-state index contributed by atoms with van der Waals surface area (Å²) in [6.07, 6.45) is 7.07. The Balaban J connectivity index is 2.48. The van der Waals surface area contributed by atoms with Crippen LogP contribution in [0.4, 0.5) is 4.39 Å². The molecule has 1 rings (SSSR count). The van der Waals surface area contributed by atoms with E-state index in [4.69, 9.17) is 0 Å². The standard InChI is InChI=1S/C16H23FO/c1-3-14(7-5-4-6-10-18)12-15-8-9-16(17)11-13(15)2/h8-11,14H,3-7,12H2,1-2H3. The van der Waals surface area contributed by atoms with E-state index < -0.39 is 0 Å². The summed E-state index contributed by atoms with van der Waals surface area (Å²) in [7, 11) is 0. The highest BCUT2D eigenvalue weighted by atomic mass is 19.1. The molecule has 0 bridgehead atoms. The van der Waals surface area contributed by atoms with Crippen molar-refractivity contribution in [3.8, 4) is 0 Å². The van der Waals surface area contributed by atoms with Gasteiger partial charge in [-0.05, 0) is 48.9 Å². The number of unbranched alkanes of at least 4 members (excludes halogenated alkanes) is 2. The Kier molecular flexibility index (Phi) is 6.63. The number of hydrogen-bond acceptors (Lipinski definition) is 1. The second kappa shape index (κ2) is 8.02. The molecule has 0 heterocycles. The topological polar surface area (TPSA) is 17.1 Å². The van der Waals surface area contributed by atoms with Crippen molar-refractivity contribution in [3.05, 3.63) is 35.1 Å². The number of carbonyl (C=O) groups excluding carboxylic acids is 1. The second-order valence-corrected chi connectivity index (χ2v) is 5.00. The molecule has 18 heavy (non-hydrogen) atoms. The van der Waals surface area contributed by atoms with Crippen LogP contribution in [0.25, 0.3) is 0 Å². The van der Waals surface area contributed by atoms with Gasteiger partial charge in [-0.2, -0.15) is 0 Å². The Hall–Kier alpha value is -1.18. The zero-order chi connectivity index (χ0) is 13.4. The van der Waals surface area contributed by atoms with Crippen LogP contribution in [0, 0.1) is 18.7 Å². The van der Waals surface area contributed by atoms with E-state index in [2.05, 4.69) is 6.92 Å². The summed E-state index contributed by atoms with van der Waals surface area (Å²) in [5.41, 5.74) is 2.29. The lowest BCUT2D eigenvalue weighted by Gasteiger charge is -2.16. The molecule has 0 aliphatic heterocycles. The molecule has 2 heteroatoms. The number of hydrogen-bond donors (Lipinski definition) is 0. The summed E-state index contributed by atoms with van der Waals surface area (Å²) < 4.78 is 13.0. The monoisotopic (exact) mass is 250 g/mol. The highest BCUT2D eigenvalue weighted by Gasteiger charge is 2.09. The normalized spacial score (nSPS) is 12.4. The summed E-state index contributed by atoms with van der Waals surface area (Å²) in [5.74, 6) is 0.482. The van der Waals surface area contributed by atoms with Crippen LogP contribution in [0.5, 0.6) is 0 Å². The lowest BCUT2D eigenvalue weighted by atomic mass is 9.90. The molecule has 0 amide bonds. The van der Waals surface area contributed by atoms with Crippen molar-refractivity contribution < 1.29 is 9.18 Å². The first-order chi connectivity index (χ1) is 8.67. The smallest absolute Gasteiger partial charge is 0.123 e. The van der Waals surface area contributed by atoms with Gasteiger partial charge in [0.05, 0.1) is 0 Å². The first-order valence-corrected chi connectivity index (χ1v) is 6.86. The van der Waals surface area contributed by atoms with Crippen molar-refractivity contribution in [2.24, 2.45) is 5.92 Å². The van der Waals surface area contributed by atoms with E-state index in [1.54, 1.807) is 12.1 Å². The lowest BCUT2D eigenvalue weighted by molar-refractivity contribution is -0.107. The summed E-state index contributed by atoms with van der Waals surface area (Å²) >= 11 is 0. The maximum absolute atomic E-state index is 13.0. The Bertz CT molecular complexity index is 373. The molecule has 100 valence electrons. The maximum atomic E-state index is 13.0. The van der Waals surface area contributed by atoms with Gasteiger partial charge < -0.3 is 4.79 Å². The van der Waals surface area contributed by atoms with Crippen molar-refractivity contribution in [1.82, 2.24) is 0 Å². The fourth-order valence-electron chi connectivity index (χ4n) is 2.31. The van der Waals surface area contributed by atoms with Crippen LogP contribution < -0.4 is 0 Å². The molecule has 0 aromatic heterocycles. The van der Waals surface area contributed by atoms with Crippen LogP contribution in [-0.4, -0.2) is 6.29 Å². The van der Waals surface area contributed by atoms with E-state index in [0.717, 1.165) is 44.0 Å². The van der Waals surface area contributed by atoms with Crippen molar-refractivity contribution in [2.45, 2.75) is 52.4 Å². The van der Waals surface area contributed by atoms with Crippen LogP contribution in [0.15, 0.2) is 18.2 Å². The minimum Gasteiger partial charge on any atom is -0.303 e. The van der Waals surface area contributed by atoms with Crippen LogP contribution >= 0.6 is 0 Å². The molecule has 1 unspecified atom stereocenters. The summed E-state index contributed by atoms with van der Waals surface area (Å²) in [6, 6.07) is 5.05. The van der Waals surface area contributed by atoms with E-state index in [0.29, 0.717) is 12.3 Å². The molecule has 0 saturated heterocycles. The van der Waals surface area contributed by atoms with E-state index in [9.17, 15) is 9.18 Å². The average Bonchev–Trinajstić information content (AvgIpc) is 2.35. The third kappa shape index (κ3) is 4.99. The third-order valence-corrected chi connectivity index (χ3v) is 3.57. The third-order valence-electron chi connectivity index (χ3n) is 3.57. The molecule has 0 aliphatic rings. The fraction of sp³-hybridized carbons (Fsp3) is 0.562. The highest BCUT2D eigenvalue weighted by molar-refractivity contribution is 5.48. The SMILES string of the molecule is CCC(CCCCC=O)Cc1ccc(F)cc1C. The van der Waals surface area contributed by atoms with E-state index in [1.807, 2.05) is 13.0 Å². The van der Waals surface area contributed by atoms with Gasteiger partial charge in [0, 0.05) is 6.42 Å². The number of aldehydes is 1. The zero-order valence-corrected chi connectivity index (χ0v) is 11.4. The molecule has 1 aromatic carbocycles. The Morgan fingerprint density at radius 3 is 2.72 bits per heavy atom. The molecule has 0 aliphatic carbocycles. The zero-order valence-electron chi connectivity index (χ0n) is 11.4. The highest BCUT2D eigenvalue weighted by Crippen LogP contribution is 2.21. The maximum Gasteiger partial charge on any atom is 0.123 e. The second-order valence-electron chi connectivity index (χ2n) is 5.00. The number of halogens is 1. The van der Waals surface area contributed by atoms with E-state index in [1.165, 1.54) is 5.56 Å². The molecule has 0 N–H and O–H groups in total. The van der Waals surface area contributed by atoms with E-state index in [-0.39, 0.29) is 5.82 Å². The van der Waals surface area contributed by atoms with Gasteiger partial charge in [0.1, 0.15) is 12.1 Å². The minimum atomic E-state index is -0.157. The molecule has 1 atom stereocenters. The first-order valence-electron chi connectivity index (χ1n) is 6.86. The molecule has 0 radical (unpaired) electrons. The molecular formula is C16H23FO. The Morgan fingerprint density at radius 2 is 2.11 bits per heavy atom. The number of aryl methyl sites for hydroxylation is 1. The average molecular weight is 250 g/mol. The largest absolute Gasteiger partial charge is 0.303 e. The van der Waals surface area contributed by atoms with Crippen molar-refractivity contribution >= 4 is 6.29 Å². The Labute approximate surface area is 109 Å². The van der Waals surface area contributed by atoms with E-state index >= 15 is 0 Å². The van der Waals surface area contributed by atoms with Gasteiger partial charge >= 0.3 is 0 Å². The molecule has 0 spiro atoms. The van der Waals surface area contributed by atoms with Gasteiger partial charge in [-0.1, -0.05) is 32.3 Å². The van der Waals surface area contributed by atoms with Crippen molar-refractivity contribution in [3.63, 3.8) is 0 Å². The summed E-state index contributed by atoms with van der Waals surface area (Å²) in [6.45, 7) is 4.17. The molecule has 1 nitrogen and oxygen atoms in total. The molecule has 0 fully saturated rings. The van der Waals surface area contributed by atoms with Gasteiger partial charge in [0.25, 0.3) is 0 Å². The molecule has 0 saturated carbocycles. The molecule has 1 aromatic rings. The predicted octanol–water partition coefficient (Wildman–Crippen LogP) is 4.46. The van der Waals surface area contributed by atoms with Gasteiger partial charge in [0.2, 0.25) is 0 Å². The minimum absolute atomic E-state index is 0.157. The van der Waals surface area contributed by atoms with Crippen molar-refractivity contribution in [1.29, 1.82) is 0 Å². The summed E-state index contributed by atoms with van der Waals surface area (Å²) in [5, 5.41) is 0. The molecular weight excluding hydrogens is 227 g/mol. The van der Waals surface area contributed by atoms with Crippen molar-refractivity contribution in [2.75, 3.05) is 0 Å². The fourth-order valence-corrected chi connectivity index (χ4v) is 2.31. The van der Waals surface area contributed by atoms with Crippen LogP contribution in [0.3, 0.4) is 0 Å². The lowest BCUT2D eigenvalue weighted by Crippen LogP contribution is -2.05. The van der Waals surface area contributed by atoms with Crippen LogP contribution in [0.2, 0.25) is 0 Å². The van der Waals surface area contributed by atoms with Gasteiger partial charge in [0.15, 0.2) is 0 Å². The van der Waals surface area contributed by atoms with Crippen LogP contribution in [-0.2, 0) is 11.2 Å². The predicted molar refractivity (Wildman–Crippen MR) is 73.2 cm³/mol. The number of rotatable bonds is 8. The summed E-state index contributed by atoms with van der Waals surface area (Å²) in [4.78, 5) is 10.3. The quantitative estimate of drug-likeness (QED) is 0.491. The number of benzene rings is 1. The Morgan fingerprint density at radius 1 is 1.33 bits per heavy atom. The first kappa shape index (κ1) is 14.9.